The summed E-state index contributed by atoms with van der Waals surface area (Å²) in [5.41, 5.74) is 0. The topological polar surface area (TPSA) is 47.0 Å². The molecule has 1 aliphatic carbocycles. The Morgan fingerprint density at radius 2 is 2.29 bits per heavy atom. The van der Waals surface area contributed by atoms with E-state index < -0.39 is 0 Å². The highest BCUT2D eigenvalue weighted by Gasteiger charge is 2.27. The smallest absolute Gasteiger partial charge is 0.218 e. The minimum atomic E-state index is 0.495. The fourth-order valence-electron chi connectivity index (χ4n) is 1.48. The van der Waals surface area contributed by atoms with Crippen LogP contribution in [0.5, 0.6) is 5.88 Å². The molecule has 0 amide bonds. The van der Waals surface area contributed by atoms with Crippen molar-refractivity contribution in [3.8, 4) is 5.88 Å². The molecule has 0 saturated heterocycles. The first-order chi connectivity index (χ1) is 6.79. The molecule has 1 fully saturated rings. The average Bonchev–Trinajstić information content (AvgIpc) is 3.01. The van der Waals surface area contributed by atoms with Gasteiger partial charge in [0.15, 0.2) is 0 Å². The van der Waals surface area contributed by atoms with Crippen LogP contribution in [0.15, 0.2) is 12.4 Å². The van der Waals surface area contributed by atoms with E-state index in [-0.39, 0.29) is 0 Å². The van der Waals surface area contributed by atoms with Gasteiger partial charge in [-0.25, -0.2) is 9.97 Å². The summed E-state index contributed by atoms with van der Waals surface area (Å²) in [6, 6.07) is 2.31. The largest absolute Gasteiger partial charge is 0.481 e. The number of nitrogens with zero attached hydrogens (tertiary/aromatic N) is 2. The third kappa shape index (κ3) is 2.13. The van der Waals surface area contributed by atoms with Gasteiger partial charge in [-0.15, -0.1) is 0 Å². The Balaban J connectivity index is 2.00. The van der Waals surface area contributed by atoms with Crippen LogP contribution in [-0.2, 0) is 0 Å². The molecular formula is C10H15N3O. The molecule has 4 heteroatoms. The summed E-state index contributed by atoms with van der Waals surface area (Å²) in [5, 5.41) is 3.35. The Bertz CT molecular complexity index is 312. The van der Waals surface area contributed by atoms with E-state index in [9.17, 15) is 0 Å². The van der Waals surface area contributed by atoms with Crippen LogP contribution in [-0.4, -0.2) is 23.1 Å². The highest BCUT2D eigenvalue weighted by molar-refractivity contribution is 5.38. The van der Waals surface area contributed by atoms with Gasteiger partial charge in [-0.1, -0.05) is 0 Å². The summed E-state index contributed by atoms with van der Waals surface area (Å²) in [4.78, 5) is 8.09. The molecule has 4 nitrogen and oxygen atoms in total. The van der Waals surface area contributed by atoms with Crippen LogP contribution in [0.25, 0.3) is 0 Å². The van der Waals surface area contributed by atoms with Gasteiger partial charge in [-0.05, 0) is 25.7 Å². The monoisotopic (exact) mass is 193 g/mol. The van der Waals surface area contributed by atoms with E-state index >= 15 is 0 Å². The lowest BCUT2D eigenvalue weighted by Crippen LogP contribution is -2.18. The van der Waals surface area contributed by atoms with Crippen LogP contribution in [0.3, 0.4) is 0 Å². The van der Waals surface area contributed by atoms with Gasteiger partial charge in [0.25, 0.3) is 0 Å². The van der Waals surface area contributed by atoms with Crippen molar-refractivity contribution in [3.63, 3.8) is 0 Å². The van der Waals surface area contributed by atoms with Crippen molar-refractivity contribution < 1.29 is 4.74 Å². The second-order valence-electron chi connectivity index (χ2n) is 3.72. The summed E-state index contributed by atoms with van der Waals surface area (Å²) in [6.45, 7) is 2.19. The van der Waals surface area contributed by atoms with E-state index in [0.717, 1.165) is 11.7 Å². The second kappa shape index (κ2) is 3.82. The quantitative estimate of drug-likeness (QED) is 0.790. The molecule has 14 heavy (non-hydrogen) atoms. The molecule has 1 heterocycles. The van der Waals surface area contributed by atoms with E-state index in [1.807, 2.05) is 6.07 Å². The lowest BCUT2D eigenvalue weighted by atomic mass is 10.2. The molecule has 0 aliphatic heterocycles. The number of nitrogens with one attached hydrogen (secondary N) is 1. The third-order valence-corrected chi connectivity index (χ3v) is 2.56. The van der Waals surface area contributed by atoms with Gasteiger partial charge < -0.3 is 10.1 Å². The zero-order chi connectivity index (χ0) is 9.97. The molecule has 2 rings (SSSR count). The number of hydrogen-bond acceptors (Lipinski definition) is 4. The number of ether oxygens (including phenoxy) is 1. The SMILES string of the molecule is COc1cc(NC(C)C2CC2)ncn1. The predicted molar refractivity (Wildman–Crippen MR) is 54.4 cm³/mol. The van der Waals surface area contributed by atoms with Gasteiger partial charge in [0.05, 0.1) is 7.11 Å². The van der Waals surface area contributed by atoms with Crippen LogP contribution in [0.4, 0.5) is 5.82 Å². The molecule has 1 saturated carbocycles. The standard InChI is InChI=1S/C10H15N3O/c1-7(8-3-4-8)13-9-5-10(14-2)12-6-11-9/h5-8H,3-4H2,1-2H3,(H,11,12,13). The second-order valence-corrected chi connectivity index (χ2v) is 3.72. The molecule has 1 atom stereocenters. The Labute approximate surface area is 83.7 Å². The Kier molecular flexibility index (Phi) is 2.52. The van der Waals surface area contributed by atoms with Crippen molar-refractivity contribution in [3.05, 3.63) is 12.4 Å². The van der Waals surface area contributed by atoms with Gasteiger partial charge in [0, 0.05) is 12.1 Å². The first-order valence-electron chi connectivity index (χ1n) is 4.92. The Morgan fingerprint density at radius 1 is 1.50 bits per heavy atom. The van der Waals surface area contributed by atoms with Crippen LogP contribution >= 0.6 is 0 Å². The number of aromatic nitrogens is 2. The van der Waals surface area contributed by atoms with Crippen LogP contribution in [0, 0.1) is 5.92 Å². The first kappa shape index (κ1) is 9.24. The maximum absolute atomic E-state index is 5.02. The predicted octanol–water partition coefficient (Wildman–Crippen LogP) is 1.70. The first-order valence-corrected chi connectivity index (χ1v) is 4.92. The molecule has 0 spiro atoms. The maximum atomic E-state index is 5.02. The average molecular weight is 193 g/mol. The number of hydrogen-bond donors (Lipinski definition) is 1. The summed E-state index contributed by atoms with van der Waals surface area (Å²) in [6.07, 6.45) is 4.17. The molecule has 1 aromatic heterocycles. The minimum absolute atomic E-state index is 0.495. The molecule has 0 aromatic carbocycles. The zero-order valence-electron chi connectivity index (χ0n) is 8.53. The number of anilines is 1. The van der Waals surface area contributed by atoms with Crippen molar-refractivity contribution in [1.29, 1.82) is 0 Å². The van der Waals surface area contributed by atoms with E-state index in [2.05, 4.69) is 22.2 Å². The van der Waals surface area contributed by atoms with Crippen molar-refractivity contribution in [2.45, 2.75) is 25.8 Å². The molecular weight excluding hydrogens is 178 g/mol. The Morgan fingerprint density at radius 3 is 2.93 bits per heavy atom. The van der Waals surface area contributed by atoms with E-state index in [1.165, 1.54) is 19.2 Å². The summed E-state index contributed by atoms with van der Waals surface area (Å²) in [7, 11) is 1.61. The summed E-state index contributed by atoms with van der Waals surface area (Å²) < 4.78 is 5.02. The van der Waals surface area contributed by atoms with E-state index in [4.69, 9.17) is 4.74 Å². The molecule has 0 radical (unpaired) electrons. The minimum Gasteiger partial charge on any atom is -0.481 e. The summed E-state index contributed by atoms with van der Waals surface area (Å²) in [5.74, 6) is 2.26. The van der Waals surface area contributed by atoms with Crippen LogP contribution in [0.1, 0.15) is 19.8 Å². The van der Waals surface area contributed by atoms with Crippen LogP contribution < -0.4 is 10.1 Å². The highest BCUT2D eigenvalue weighted by atomic mass is 16.5. The van der Waals surface area contributed by atoms with Gasteiger partial charge >= 0.3 is 0 Å². The number of methoxy groups -OCH3 is 1. The fraction of sp³-hybridized carbons (Fsp3) is 0.600. The van der Waals surface area contributed by atoms with E-state index in [0.29, 0.717) is 11.9 Å². The molecule has 1 aromatic rings. The lowest BCUT2D eigenvalue weighted by Gasteiger charge is -2.13. The lowest BCUT2D eigenvalue weighted by molar-refractivity contribution is 0.397. The molecule has 1 unspecified atom stereocenters. The normalized spacial score (nSPS) is 17.6. The van der Waals surface area contributed by atoms with Crippen LogP contribution in [0.2, 0.25) is 0 Å². The maximum Gasteiger partial charge on any atom is 0.218 e. The van der Waals surface area contributed by atoms with Crippen molar-refractivity contribution in [2.75, 3.05) is 12.4 Å². The highest BCUT2D eigenvalue weighted by Crippen LogP contribution is 2.33. The third-order valence-electron chi connectivity index (χ3n) is 2.56. The van der Waals surface area contributed by atoms with Gasteiger partial charge in [0.2, 0.25) is 5.88 Å². The Hall–Kier alpha value is -1.32. The van der Waals surface area contributed by atoms with Gasteiger partial charge in [-0.2, -0.15) is 0 Å². The molecule has 76 valence electrons. The molecule has 0 bridgehead atoms. The van der Waals surface area contributed by atoms with E-state index in [1.54, 1.807) is 7.11 Å². The summed E-state index contributed by atoms with van der Waals surface area (Å²) >= 11 is 0. The zero-order valence-corrected chi connectivity index (χ0v) is 8.53. The molecule has 1 aliphatic rings. The number of rotatable bonds is 4. The van der Waals surface area contributed by atoms with Gasteiger partial charge in [-0.3, -0.25) is 0 Å². The molecule has 1 N–H and O–H groups in total. The van der Waals surface area contributed by atoms with Gasteiger partial charge in [0.1, 0.15) is 12.1 Å². The van der Waals surface area contributed by atoms with Crippen molar-refractivity contribution >= 4 is 5.82 Å². The fourth-order valence-corrected chi connectivity index (χ4v) is 1.48. The van der Waals surface area contributed by atoms with Crippen molar-refractivity contribution in [2.24, 2.45) is 5.92 Å². The van der Waals surface area contributed by atoms with Crippen molar-refractivity contribution in [1.82, 2.24) is 9.97 Å².